The van der Waals surface area contributed by atoms with Crippen molar-refractivity contribution in [2.45, 2.75) is 19.4 Å². The number of rotatable bonds is 1. The lowest BCUT2D eigenvalue weighted by Crippen LogP contribution is -2.38. The van der Waals surface area contributed by atoms with Crippen LogP contribution < -0.4 is 0 Å². The Kier molecular flexibility index (Phi) is 3.56. The Balaban J connectivity index is 1.94. The van der Waals surface area contributed by atoms with Crippen molar-refractivity contribution in [1.29, 1.82) is 0 Å². The number of phenolic OH excluding ortho intramolecular Hbond substituents is 1. The van der Waals surface area contributed by atoms with Gasteiger partial charge in [-0.3, -0.25) is 4.79 Å². The summed E-state index contributed by atoms with van der Waals surface area (Å²) in [5, 5.41) is 12.0. The van der Waals surface area contributed by atoms with Crippen LogP contribution in [0, 0.1) is 0 Å². The van der Waals surface area contributed by atoms with Crippen LogP contribution in [0.25, 0.3) is 0 Å². The molecule has 1 aromatic heterocycles. The highest BCUT2D eigenvalue weighted by Crippen LogP contribution is 2.35. The molecule has 0 spiro atoms. The number of nitrogens with zero attached hydrogens (tertiary/aromatic N) is 1. The summed E-state index contributed by atoms with van der Waals surface area (Å²) in [6, 6.07) is 7.08. The van der Waals surface area contributed by atoms with Crippen molar-refractivity contribution in [3.05, 3.63) is 50.1 Å². The minimum Gasteiger partial charge on any atom is -0.507 e. The zero-order valence-corrected chi connectivity index (χ0v) is 13.4. The van der Waals surface area contributed by atoms with Crippen LogP contribution in [-0.4, -0.2) is 22.5 Å². The number of phenols is 1. The van der Waals surface area contributed by atoms with Gasteiger partial charge in [0.05, 0.1) is 11.6 Å². The van der Waals surface area contributed by atoms with E-state index >= 15 is 0 Å². The molecule has 1 amide bonds. The van der Waals surface area contributed by atoms with Crippen LogP contribution in [0.1, 0.15) is 33.8 Å². The van der Waals surface area contributed by atoms with Gasteiger partial charge in [-0.2, -0.15) is 0 Å². The smallest absolute Gasteiger partial charge is 0.258 e. The van der Waals surface area contributed by atoms with Gasteiger partial charge >= 0.3 is 0 Å². The molecule has 3 nitrogen and oxygen atoms in total. The number of thiophene rings is 1. The highest BCUT2D eigenvalue weighted by atomic mass is 79.9. The van der Waals surface area contributed by atoms with Crippen LogP contribution in [0.3, 0.4) is 0 Å². The number of benzene rings is 1. The molecule has 2 heterocycles. The molecule has 0 fully saturated rings. The summed E-state index contributed by atoms with van der Waals surface area (Å²) >= 11 is 5.09. The number of amides is 1. The highest BCUT2D eigenvalue weighted by molar-refractivity contribution is 9.10. The third-order valence-electron chi connectivity index (χ3n) is 3.73. The Hall–Kier alpha value is -1.33. The summed E-state index contributed by atoms with van der Waals surface area (Å²) in [7, 11) is 0. The topological polar surface area (TPSA) is 40.5 Å². The van der Waals surface area contributed by atoms with E-state index in [1.54, 1.807) is 29.5 Å². The third-order valence-corrected chi connectivity index (χ3v) is 5.22. The van der Waals surface area contributed by atoms with Crippen LogP contribution in [-0.2, 0) is 6.42 Å². The Bertz CT molecular complexity index is 668. The van der Waals surface area contributed by atoms with Crippen LogP contribution in [0.15, 0.2) is 34.1 Å². The maximum atomic E-state index is 12.7. The number of hydrogen-bond acceptors (Lipinski definition) is 3. The molecule has 0 saturated heterocycles. The first-order chi connectivity index (χ1) is 9.58. The summed E-state index contributed by atoms with van der Waals surface area (Å²) in [4.78, 5) is 15.9. The van der Waals surface area contributed by atoms with Crippen LogP contribution in [0.2, 0.25) is 0 Å². The van der Waals surface area contributed by atoms with Crippen molar-refractivity contribution < 1.29 is 9.90 Å². The molecular weight excluding hydrogens is 338 g/mol. The quantitative estimate of drug-likeness (QED) is 0.844. The predicted octanol–water partition coefficient (Wildman–Crippen LogP) is 3.98. The van der Waals surface area contributed by atoms with Gasteiger partial charge in [-0.05, 0) is 48.6 Å². The molecule has 104 valence electrons. The molecule has 1 aliphatic rings. The van der Waals surface area contributed by atoms with Gasteiger partial charge in [0.15, 0.2) is 0 Å². The van der Waals surface area contributed by atoms with Crippen molar-refractivity contribution in [2.75, 3.05) is 6.54 Å². The van der Waals surface area contributed by atoms with Gasteiger partial charge in [0.25, 0.3) is 5.91 Å². The van der Waals surface area contributed by atoms with Crippen LogP contribution in [0.4, 0.5) is 0 Å². The lowest BCUT2D eigenvalue weighted by Gasteiger charge is -2.33. The maximum Gasteiger partial charge on any atom is 0.258 e. The van der Waals surface area contributed by atoms with Crippen molar-refractivity contribution in [3.8, 4) is 5.75 Å². The summed E-state index contributed by atoms with van der Waals surface area (Å²) in [5.74, 6) is -0.0883. The standard InChI is InChI=1S/C15H14BrNO2S/c1-9-11-5-7-20-14(11)4-6-17(9)15(19)12-8-10(16)2-3-13(12)18/h2-3,5,7-9,18H,4,6H2,1H3. The summed E-state index contributed by atoms with van der Waals surface area (Å²) in [6.07, 6.45) is 0.887. The van der Waals surface area contributed by atoms with E-state index in [2.05, 4.69) is 27.4 Å². The number of aromatic hydroxyl groups is 1. The second kappa shape index (κ2) is 5.22. The molecule has 2 aromatic rings. The van der Waals surface area contributed by atoms with Crippen LogP contribution in [0.5, 0.6) is 5.75 Å². The van der Waals surface area contributed by atoms with Gasteiger partial charge in [-0.25, -0.2) is 0 Å². The molecule has 0 radical (unpaired) electrons. The van der Waals surface area contributed by atoms with Gasteiger partial charge < -0.3 is 10.0 Å². The average molecular weight is 352 g/mol. The summed E-state index contributed by atoms with van der Waals surface area (Å²) in [6.45, 7) is 2.73. The zero-order chi connectivity index (χ0) is 14.3. The first kappa shape index (κ1) is 13.6. The average Bonchev–Trinajstić information content (AvgIpc) is 2.90. The van der Waals surface area contributed by atoms with Crippen LogP contribution >= 0.6 is 27.3 Å². The lowest BCUT2D eigenvalue weighted by molar-refractivity contribution is 0.0676. The van der Waals surface area contributed by atoms with Crippen molar-refractivity contribution in [2.24, 2.45) is 0 Å². The molecule has 3 rings (SSSR count). The number of fused-ring (bicyclic) bond motifs is 1. The SMILES string of the molecule is CC1c2ccsc2CCN1C(=O)c1cc(Br)ccc1O. The van der Waals surface area contributed by atoms with Gasteiger partial charge in [-0.15, -0.1) is 11.3 Å². The lowest BCUT2D eigenvalue weighted by atomic mass is 10.00. The van der Waals surface area contributed by atoms with E-state index < -0.39 is 0 Å². The monoisotopic (exact) mass is 351 g/mol. The largest absolute Gasteiger partial charge is 0.507 e. The summed E-state index contributed by atoms with van der Waals surface area (Å²) in [5.41, 5.74) is 1.58. The second-order valence-electron chi connectivity index (χ2n) is 4.89. The molecular formula is C15H14BrNO2S. The molecule has 1 unspecified atom stereocenters. The van der Waals surface area contributed by atoms with E-state index in [9.17, 15) is 9.90 Å². The van der Waals surface area contributed by atoms with Gasteiger partial charge in [0.1, 0.15) is 5.75 Å². The number of halogens is 1. The third kappa shape index (κ3) is 2.25. The fourth-order valence-corrected chi connectivity index (χ4v) is 3.95. The maximum absolute atomic E-state index is 12.7. The number of carbonyl (C=O) groups excluding carboxylic acids is 1. The van der Waals surface area contributed by atoms with E-state index in [0.717, 1.165) is 10.9 Å². The number of hydrogen-bond donors (Lipinski definition) is 1. The fraction of sp³-hybridized carbons (Fsp3) is 0.267. The highest BCUT2D eigenvalue weighted by Gasteiger charge is 2.30. The molecule has 5 heteroatoms. The fourth-order valence-electron chi connectivity index (χ4n) is 2.62. The van der Waals surface area contributed by atoms with Gasteiger partial charge in [0, 0.05) is 15.9 Å². The van der Waals surface area contributed by atoms with Gasteiger partial charge in [0.2, 0.25) is 0 Å². The van der Waals surface area contributed by atoms with E-state index in [0.29, 0.717) is 12.1 Å². The van der Waals surface area contributed by atoms with Crippen molar-refractivity contribution >= 4 is 33.2 Å². The molecule has 0 bridgehead atoms. The van der Waals surface area contributed by atoms with Crippen molar-refractivity contribution in [1.82, 2.24) is 4.90 Å². The van der Waals surface area contributed by atoms with Crippen molar-refractivity contribution in [3.63, 3.8) is 0 Å². The molecule has 1 aromatic carbocycles. The Labute approximate surface area is 130 Å². The predicted molar refractivity (Wildman–Crippen MR) is 83.3 cm³/mol. The first-order valence-electron chi connectivity index (χ1n) is 6.43. The zero-order valence-electron chi connectivity index (χ0n) is 11.0. The van der Waals surface area contributed by atoms with E-state index in [-0.39, 0.29) is 17.7 Å². The minimum atomic E-state index is -0.117. The normalized spacial score (nSPS) is 17.9. The summed E-state index contributed by atoms with van der Waals surface area (Å²) < 4.78 is 0.791. The van der Waals surface area contributed by atoms with E-state index in [4.69, 9.17) is 0 Å². The Morgan fingerprint density at radius 2 is 2.25 bits per heavy atom. The van der Waals surface area contributed by atoms with Gasteiger partial charge in [-0.1, -0.05) is 15.9 Å². The molecule has 1 N–H and O–H groups in total. The molecule has 0 saturated carbocycles. The second-order valence-corrected chi connectivity index (χ2v) is 6.80. The molecule has 20 heavy (non-hydrogen) atoms. The number of carbonyl (C=O) groups is 1. The molecule has 1 atom stereocenters. The molecule has 0 aliphatic carbocycles. The Morgan fingerprint density at radius 1 is 1.45 bits per heavy atom. The van der Waals surface area contributed by atoms with E-state index in [1.807, 2.05) is 11.8 Å². The van der Waals surface area contributed by atoms with E-state index in [1.165, 1.54) is 10.4 Å². The minimum absolute atomic E-state index is 0.0292. The Morgan fingerprint density at radius 3 is 3.05 bits per heavy atom. The first-order valence-corrected chi connectivity index (χ1v) is 8.11. The molecule has 1 aliphatic heterocycles.